The van der Waals surface area contributed by atoms with Gasteiger partial charge in [0.15, 0.2) is 11.8 Å². The number of hydrogen-bond acceptors (Lipinski definition) is 6. The maximum atomic E-state index is 5.12. The molecule has 0 saturated heterocycles. The van der Waals surface area contributed by atoms with E-state index in [1.807, 2.05) is 11.6 Å². The molecule has 3 heterocycles. The van der Waals surface area contributed by atoms with Crippen LogP contribution >= 0.6 is 35.3 Å². The Hall–Kier alpha value is -1.27. The van der Waals surface area contributed by atoms with Gasteiger partial charge >= 0.3 is 0 Å². The van der Waals surface area contributed by atoms with Crippen LogP contribution < -0.4 is 10.6 Å². The predicted octanol–water partition coefficient (Wildman–Crippen LogP) is 1.92. The van der Waals surface area contributed by atoms with Gasteiger partial charge in [-0.3, -0.25) is 4.99 Å². The minimum Gasteiger partial charge on any atom is -0.377 e. The van der Waals surface area contributed by atoms with Gasteiger partial charge < -0.3 is 15.4 Å². The van der Waals surface area contributed by atoms with Crippen molar-refractivity contribution in [2.45, 2.75) is 51.8 Å². The van der Waals surface area contributed by atoms with Crippen LogP contribution in [-0.2, 0) is 30.7 Å². The maximum absolute atomic E-state index is 5.12. The first-order valence-electron chi connectivity index (χ1n) is 8.97. The van der Waals surface area contributed by atoms with Gasteiger partial charge in [0.1, 0.15) is 12.4 Å². The predicted molar refractivity (Wildman–Crippen MR) is 118 cm³/mol. The lowest BCUT2D eigenvalue weighted by atomic mass is 10.1. The molecule has 27 heavy (non-hydrogen) atoms. The molecule has 8 nitrogen and oxygen atoms in total. The normalized spacial score (nSPS) is 16.6. The molecule has 0 saturated carbocycles. The second-order valence-corrected chi connectivity index (χ2v) is 7.37. The highest BCUT2D eigenvalue weighted by Gasteiger charge is 2.22. The summed E-state index contributed by atoms with van der Waals surface area (Å²) >= 11 is 1.73. The second kappa shape index (κ2) is 10.9. The Kier molecular flexibility index (Phi) is 8.90. The number of fused-ring (bicyclic) bond motifs is 1. The molecular weight excluding hydrogens is 477 g/mol. The van der Waals surface area contributed by atoms with E-state index in [1.54, 1.807) is 25.5 Å². The highest BCUT2D eigenvalue weighted by atomic mass is 127. The smallest absolute Gasteiger partial charge is 0.191 e. The molecule has 0 bridgehead atoms. The number of nitrogens with one attached hydrogen (secondary N) is 2. The summed E-state index contributed by atoms with van der Waals surface area (Å²) in [6.45, 7) is 4.16. The van der Waals surface area contributed by atoms with Gasteiger partial charge in [0.05, 0.1) is 11.6 Å². The average Bonchev–Trinajstić information content (AvgIpc) is 3.23. The third-order valence-electron chi connectivity index (χ3n) is 4.27. The molecule has 0 aromatic carbocycles. The summed E-state index contributed by atoms with van der Waals surface area (Å²) in [5, 5.41) is 14.7. The zero-order valence-corrected chi connectivity index (χ0v) is 19.2. The largest absolute Gasteiger partial charge is 0.377 e. The van der Waals surface area contributed by atoms with Crippen LogP contribution in [0.2, 0.25) is 0 Å². The molecule has 1 atom stereocenters. The van der Waals surface area contributed by atoms with Gasteiger partial charge in [0, 0.05) is 50.7 Å². The van der Waals surface area contributed by atoms with E-state index in [0.29, 0.717) is 12.6 Å². The highest BCUT2D eigenvalue weighted by Crippen LogP contribution is 2.13. The van der Waals surface area contributed by atoms with Crippen molar-refractivity contribution in [1.29, 1.82) is 0 Å². The standard InChI is InChI=1S/C17H27N7OS.HI/c1-12-11-26-16(20-12)5-4-8-19-17(18-2)21-13-6-7-15-22-14(10-25-3)23-24(15)9-13;/h11,13H,4-10H2,1-3H3,(H2,18,19,21);1H. The lowest BCUT2D eigenvalue weighted by molar-refractivity contribution is 0.177. The first-order chi connectivity index (χ1) is 12.7. The zero-order valence-electron chi connectivity index (χ0n) is 16.1. The number of ether oxygens (including phenoxy) is 1. The van der Waals surface area contributed by atoms with Crippen LogP contribution in [0.25, 0.3) is 0 Å². The van der Waals surface area contributed by atoms with Crippen molar-refractivity contribution >= 4 is 41.3 Å². The van der Waals surface area contributed by atoms with Gasteiger partial charge in [0.25, 0.3) is 0 Å². The number of aromatic nitrogens is 4. The number of methoxy groups -OCH3 is 1. The Morgan fingerprint density at radius 3 is 3.00 bits per heavy atom. The van der Waals surface area contributed by atoms with Crippen molar-refractivity contribution in [1.82, 2.24) is 30.4 Å². The van der Waals surface area contributed by atoms with Gasteiger partial charge in [-0.2, -0.15) is 5.10 Å². The molecule has 10 heteroatoms. The van der Waals surface area contributed by atoms with Crippen LogP contribution in [0.4, 0.5) is 0 Å². The first-order valence-corrected chi connectivity index (χ1v) is 9.85. The molecule has 1 unspecified atom stereocenters. The molecule has 0 amide bonds. The molecule has 2 N–H and O–H groups in total. The van der Waals surface area contributed by atoms with Crippen molar-refractivity contribution in [3.05, 3.63) is 27.7 Å². The van der Waals surface area contributed by atoms with Crippen molar-refractivity contribution in [3.63, 3.8) is 0 Å². The van der Waals surface area contributed by atoms with Gasteiger partial charge in [0.2, 0.25) is 0 Å². The summed E-state index contributed by atoms with van der Waals surface area (Å²) in [6, 6.07) is 0.299. The van der Waals surface area contributed by atoms with Crippen LogP contribution in [0, 0.1) is 6.92 Å². The van der Waals surface area contributed by atoms with Crippen LogP contribution in [-0.4, -0.2) is 52.5 Å². The number of nitrogens with zero attached hydrogens (tertiary/aromatic N) is 5. The number of aryl methyl sites for hydroxylation is 3. The Morgan fingerprint density at radius 1 is 1.44 bits per heavy atom. The molecule has 0 spiro atoms. The fraction of sp³-hybridized carbons (Fsp3) is 0.647. The first kappa shape index (κ1) is 22.0. The van der Waals surface area contributed by atoms with Crippen LogP contribution in [0.3, 0.4) is 0 Å². The lowest BCUT2D eigenvalue weighted by Gasteiger charge is -2.25. The van der Waals surface area contributed by atoms with E-state index in [9.17, 15) is 0 Å². The summed E-state index contributed by atoms with van der Waals surface area (Å²) in [5.41, 5.74) is 1.11. The Morgan fingerprint density at radius 2 is 2.30 bits per heavy atom. The van der Waals surface area contributed by atoms with E-state index in [0.717, 1.165) is 62.1 Å². The van der Waals surface area contributed by atoms with Crippen LogP contribution in [0.15, 0.2) is 10.4 Å². The molecule has 0 aliphatic carbocycles. The molecule has 150 valence electrons. The number of guanidine groups is 1. The molecule has 1 aliphatic rings. The Labute approximate surface area is 181 Å². The molecule has 1 aliphatic heterocycles. The molecule has 2 aromatic heterocycles. The summed E-state index contributed by atoms with van der Waals surface area (Å²) < 4.78 is 7.10. The summed E-state index contributed by atoms with van der Waals surface area (Å²) in [5.74, 6) is 2.63. The Bertz CT molecular complexity index is 745. The van der Waals surface area contributed by atoms with Gasteiger partial charge in [-0.1, -0.05) is 0 Å². The van der Waals surface area contributed by atoms with E-state index < -0.39 is 0 Å². The number of hydrogen-bond donors (Lipinski definition) is 2. The van der Waals surface area contributed by atoms with Crippen LogP contribution in [0.5, 0.6) is 0 Å². The topological polar surface area (TPSA) is 89.2 Å². The number of aliphatic imine (C=N–C) groups is 1. The SMILES string of the molecule is CN=C(NCCCc1nc(C)cs1)NC1CCc2nc(COC)nn2C1.I. The summed E-state index contributed by atoms with van der Waals surface area (Å²) in [4.78, 5) is 13.3. The second-order valence-electron chi connectivity index (χ2n) is 6.42. The van der Waals surface area contributed by atoms with Gasteiger partial charge in [-0.25, -0.2) is 14.6 Å². The monoisotopic (exact) mass is 505 g/mol. The molecule has 0 fully saturated rings. The minimum absolute atomic E-state index is 0. The quantitative estimate of drug-likeness (QED) is 0.259. The van der Waals surface area contributed by atoms with Crippen LogP contribution in [0.1, 0.15) is 35.2 Å². The minimum atomic E-state index is 0. The zero-order chi connectivity index (χ0) is 18.4. The van der Waals surface area contributed by atoms with Gasteiger partial charge in [-0.05, 0) is 19.8 Å². The fourth-order valence-electron chi connectivity index (χ4n) is 3.02. The molecular formula is C17H28IN7OS. The molecule has 3 rings (SSSR count). The maximum Gasteiger partial charge on any atom is 0.191 e. The Balaban J connectivity index is 0.00000261. The molecule has 0 radical (unpaired) electrons. The lowest BCUT2D eigenvalue weighted by Crippen LogP contribution is -2.47. The van der Waals surface area contributed by atoms with Crippen molar-refractivity contribution < 1.29 is 4.74 Å². The van der Waals surface area contributed by atoms with Crippen molar-refractivity contribution in [3.8, 4) is 0 Å². The van der Waals surface area contributed by atoms with Crippen molar-refractivity contribution in [2.24, 2.45) is 4.99 Å². The summed E-state index contributed by atoms with van der Waals surface area (Å²) in [7, 11) is 3.47. The molecule has 2 aromatic rings. The average molecular weight is 505 g/mol. The van der Waals surface area contributed by atoms with E-state index in [-0.39, 0.29) is 24.0 Å². The van der Waals surface area contributed by atoms with Gasteiger partial charge in [-0.15, -0.1) is 35.3 Å². The van der Waals surface area contributed by atoms with E-state index in [4.69, 9.17) is 4.74 Å². The highest BCUT2D eigenvalue weighted by molar-refractivity contribution is 14.0. The number of thiazole rings is 1. The number of halogens is 1. The van der Waals surface area contributed by atoms with E-state index in [2.05, 4.69) is 36.1 Å². The third-order valence-corrected chi connectivity index (χ3v) is 5.29. The van der Waals surface area contributed by atoms with E-state index in [1.165, 1.54) is 5.01 Å². The van der Waals surface area contributed by atoms with E-state index >= 15 is 0 Å². The summed E-state index contributed by atoms with van der Waals surface area (Å²) in [6.07, 6.45) is 3.96. The third kappa shape index (κ3) is 6.39. The fourth-order valence-corrected chi connectivity index (χ4v) is 3.84. The van der Waals surface area contributed by atoms with Crippen molar-refractivity contribution in [2.75, 3.05) is 20.7 Å². The number of rotatable bonds is 7.